The van der Waals surface area contributed by atoms with Crippen LogP contribution in [0.15, 0.2) is 30.3 Å². The number of unbranched alkanes of at least 4 members (excludes halogenated alkanes) is 1. The molecule has 3 aromatic rings. The minimum atomic E-state index is 0.518. The Balaban J connectivity index is 2.24. The van der Waals surface area contributed by atoms with Crippen LogP contribution in [0.1, 0.15) is 25.5 Å². The second-order valence-corrected chi connectivity index (χ2v) is 4.79. The maximum absolute atomic E-state index is 6.21. The minimum Gasteiger partial charge on any atom is -0.232 e. The number of fused-ring (bicyclic) bond motifs is 3. The summed E-state index contributed by atoms with van der Waals surface area (Å²) in [5.41, 5.74) is 3.85. The topological polar surface area (TPSA) is 30.2 Å². The van der Waals surface area contributed by atoms with E-state index in [1.165, 1.54) is 6.42 Å². The number of rotatable bonds is 3. The van der Waals surface area contributed by atoms with Crippen LogP contribution in [-0.2, 0) is 6.42 Å². The molecule has 3 nitrogen and oxygen atoms in total. The Hall–Kier alpha value is -1.61. The van der Waals surface area contributed by atoms with Crippen molar-refractivity contribution in [1.82, 2.24) is 14.6 Å². The van der Waals surface area contributed by atoms with Gasteiger partial charge in [0.25, 0.3) is 0 Å². The van der Waals surface area contributed by atoms with Gasteiger partial charge in [-0.1, -0.05) is 37.1 Å². The van der Waals surface area contributed by atoms with Crippen molar-refractivity contribution in [3.05, 3.63) is 41.2 Å². The van der Waals surface area contributed by atoms with Crippen molar-refractivity contribution < 1.29 is 0 Å². The zero-order valence-corrected chi connectivity index (χ0v) is 11.0. The average Bonchev–Trinajstić information content (AvgIpc) is 2.81. The van der Waals surface area contributed by atoms with Gasteiger partial charge < -0.3 is 0 Å². The maximum Gasteiger partial charge on any atom is 0.155 e. The van der Waals surface area contributed by atoms with E-state index in [-0.39, 0.29) is 0 Å². The fourth-order valence-electron chi connectivity index (χ4n) is 2.14. The first-order valence-electron chi connectivity index (χ1n) is 6.22. The van der Waals surface area contributed by atoms with Gasteiger partial charge in [0.2, 0.25) is 0 Å². The SMILES string of the molecule is CCCCc1cc2c(Cl)nc3ccccc3n2n1. The zero-order valence-electron chi connectivity index (χ0n) is 10.2. The lowest BCUT2D eigenvalue weighted by Crippen LogP contribution is -1.94. The smallest absolute Gasteiger partial charge is 0.155 e. The zero-order chi connectivity index (χ0) is 12.5. The molecule has 0 fully saturated rings. The van der Waals surface area contributed by atoms with E-state index in [1.807, 2.05) is 34.8 Å². The van der Waals surface area contributed by atoms with Gasteiger partial charge in [0, 0.05) is 0 Å². The molecular weight excluding hydrogens is 246 g/mol. The molecule has 0 amide bonds. The predicted octanol–water partition coefficient (Wildman–Crippen LogP) is 3.88. The molecule has 2 aromatic heterocycles. The fourth-order valence-corrected chi connectivity index (χ4v) is 2.37. The van der Waals surface area contributed by atoms with Crippen LogP contribution in [0.4, 0.5) is 0 Å². The van der Waals surface area contributed by atoms with Gasteiger partial charge in [-0.3, -0.25) is 0 Å². The first kappa shape index (κ1) is 11.5. The van der Waals surface area contributed by atoms with Crippen LogP contribution < -0.4 is 0 Å². The summed E-state index contributed by atoms with van der Waals surface area (Å²) in [6.07, 6.45) is 3.30. The summed E-state index contributed by atoms with van der Waals surface area (Å²) in [6, 6.07) is 9.96. The molecule has 4 heteroatoms. The summed E-state index contributed by atoms with van der Waals surface area (Å²) in [5.74, 6) is 0. The number of aromatic nitrogens is 3. The van der Waals surface area contributed by atoms with Gasteiger partial charge in [-0.05, 0) is 31.0 Å². The van der Waals surface area contributed by atoms with Crippen LogP contribution in [0.5, 0.6) is 0 Å². The van der Waals surface area contributed by atoms with Gasteiger partial charge in [0.05, 0.1) is 16.7 Å². The first-order valence-corrected chi connectivity index (χ1v) is 6.60. The third kappa shape index (κ3) is 1.85. The molecule has 0 N–H and O–H groups in total. The maximum atomic E-state index is 6.21. The Labute approximate surface area is 110 Å². The average molecular weight is 260 g/mol. The summed E-state index contributed by atoms with van der Waals surface area (Å²) in [6.45, 7) is 2.18. The lowest BCUT2D eigenvalue weighted by Gasteiger charge is -2.01. The van der Waals surface area contributed by atoms with E-state index >= 15 is 0 Å². The van der Waals surface area contributed by atoms with Crippen molar-refractivity contribution in [2.45, 2.75) is 26.2 Å². The van der Waals surface area contributed by atoms with Gasteiger partial charge in [-0.2, -0.15) is 5.10 Å². The number of para-hydroxylation sites is 2. The lowest BCUT2D eigenvalue weighted by molar-refractivity contribution is 0.765. The van der Waals surface area contributed by atoms with Gasteiger partial charge >= 0.3 is 0 Å². The molecule has 0 aliphatic carbocycles. The van der Waals surface area contributed by atoms with Crippen molar-refractivity contribution in [3.63, 3.8) is 0 Å². The van der Waals surface area contributed by atoms with E-state index < -0.39 is 0 Å². The van der Waals surface area contributed by atoms with Crippen molar-refractivity contribution in [2.24, 2.45) is 0 Å². The van der Waals surface area contributed by atoms with E-state index in [0.717, 1.165) is 35.1 Å². The summed E-state index contributed by atoms with van der Waals surface area (Å²) in [7, 11) is 0. The van der Waals surface area contributed by atoms with Crippen molar-refractivity contribution in [3.8, 4) is 0 Å². The summed E-state index contributed by atoms with van der Waals surface area (Å²) in [5, 5.41) is 5.15. The van der Waals surface area contributed by atoms with Crippen LogP contribution in [0, 0.1) is 0 Å². The highest BCUT2D eigenvalue weighted by atomic mass is 35.5. The quantitative estimate of drug-likeness (QED) is 0.715. The second-order valence-electron chi connectivity index (χ2n) is 4.43. The summed E-state index contributed by atoms with van der Waals surface area (Å²) >= 11 is 6.21. The molecule has 2 heterocycles. The summed E-state index contributed by atoms with van der Waals surface area (Å²) in [4.78, 5) is 4.40. The molecule has 92 valence electrons. The fraction of sp³-hybridized carbons (Fsp3) is 0.286. The molecule has 0 saturated heterocycles. The molecule has 0 aliphatic rings. The van der Waals surface area contributed by atoms with Crippen LogP contribution in [0.25, 0.3) is 16.6 Å². The van der Waals surface area contributed by atoms with Crippen molar-refractivity contribution >= 4 is 28.2 Å². The van der Waals surface area contributed by atoms with Gasteiger partial charge in [0.1, 0.15) is 5.52 Å². The summed E-state index contributed by atoms with van der Waals surface area (Å²) < 4.78 is 1.90. The highest BCUT2D eigenvalue weighted by Gasteiger charge is 2.09. The third-order valence-electron chi connectivity index (χ3n) is 3.09. The molecule has 0 spiro atoms. The molecule has 18 heavy (non-hydrogen) atoms. The highest BCUT2D eigenvalue weighted by Crippen LogP contribution is 2.22. The van der Waals surface area contributed by atoms with E-state index in [1.54, 1.807) is 0 Å². The normalized spacial score (nSPS) is 11.4. The third-order valence-corrected chi connectivity index (χ3v) is 3.36. The molecule has 0 saturated carbocycles. The Morgan fingerprint density at radius 1 is 1.22 bits per heavy atom. The first-order chi connectivity index (χ1) is 8.79. The van der Waals surface area contributed by atoms with Crippen LogP contribution in [0.2, 0.25) is 5.15 Å². The molecule has 0 unspecified atom stereocenters. The minimum absolute atomic E-state index is 0.518. The van der Waals surface area contributed by atoms with Crippen LogP contribution in [0.3, 0.4) is 0 Å². The Bertz CT molecular complexity index is 703. The molecule has 3 rings (SSSR count). The molecule has 1 aromatic carbocycles. The van der Waals surface area contributed by atoms with Gasteiger partial charge in [0.15, 0.2) is 5.15 Å². The predicted molar refractivity (Wildman–Crippen MR) is 74.1 cm³/mol. The monoisotopic (exact) mass is 259 g/mol. The number of halogens is 1. The van der Waals surface area contributed by atoms with E-state index in [2.05, 4.69) is 17.0 Å². The van der Waals surface area contributed by atoms with Crippen LogP contribution in [-0.4, -0.2) is 14.6 Å². The molecule has 0 aliphatic heterocycles. The highest BCUT2D eigenvalue weighted by molar-refractivity contribution is 6.33. The number of hydrogen-bond donors (Lipinski definition) is 0. The van der Waals surface area contributed by atoms with Crippen LogP contribution >= 0.6 is 11.6 Å². The van der Waals surface area contributed by atoms with Gasteiger partial charge in [-0.15, -0.1) is 0 Å². The standard InChI is InChI=1S/C14H14ClN3/c1-2-3-6-10-9-13-14(15)16-11-7-4-5-8-12(11)18(13)17-10/h4-5,7-9H,2-3,6H2,1H3. The molecule has 0 bridgehead atoms. The van der Waals surface area contributed by atoms with Crippen molar-refractivity contribution in [1.29, 1.82) is 0 Å². The molecule has 0 radical (unpaired) electrons. The molecular formula is C14H14ClN3. The second kappa shape index (κ2) is 4.58. The largest absolute Gasteiger partial charge is 0.232 e. The number of benzene rings is 1. The number of hydrogen-bond acceptors (Lipinski definition) is 2. The van der Waals surface area contributed by atoms with E-state index in [9.17, 15) is 0 Å². The van der Waals surface area contributed by atoms with Gasteiger partial charge in [-0.25, -0.2) is 9.50 Å². The van der Waals surface area contributed by atoms with E-state index in [4.69, 9.17) is 11.6 Å². The number of nitrogens with zero attached hydrogens (tertiary/aromatic N) is 3. The van der Waals surface area contributed by atoms with E-state index in [0.29, 0.717) is 5.15 Å². The number of aryl methyl sites for hydroxylation is 1. The Morgan fingerprint density at radius 3 is 2.89 bits per heavy atom. The molecule has 0 atom stereocenters. The van der Waals surface area contributed by atoms with Crippen molar-refractivity contribution in [2.75, 3.05) is 0 Å². The Kier molecular flexibility index (Phi) is 2.92. The Morgan fingerprint density at radius 2 is 2.06 bits per heavy atom. The lowest BCUT2D eigenvalue weighted by atomic mass is 10.2.